The number of hydrogen-bond donors (Lipinski definition) is 0. The first-order valence-corrected chi connectivity index (χ1v) is 24.4. The molecule has 0 spiro atoms. The van der Waals surface area contributed by atoms with E-state index in [1.54, 1.807) is 0 Å². The highest BCUT2D eigenvalue weighted by atomic mass is 31.2. The van der Waals surface area contributed by atoms with Gasteiger partial charge in [0.05, 0.1) is 34.4 Å². The molecule has 0 fully saturated rings. The molecule has 0 heterocycles. The summed E-state index contributed by atoms with van der Waals surface area (Å²) in [6.45, 7) is 5.40. The number of carbonyl (C=O) groups is 1. The molecule has 0 aromatic carbocycles. The van der Waals surface area contributed by atoms with Gasteiger partial charge < -0.3 is 27.9 Å². The maximum Gasteiger partial charge on any atom is 0.306 e. The lowest BCUT2D eigenvalue weighted by molar-refractivity contribution is -0.870. The van der Waals surface area contributed by atoms with Gasteiger partial charge in [0.2, 0.25) is 0 Å². The fourth-order valence-electron chi connectivity index (χ4n) is 6.47. The molecule has 0 saturated carbocycles. The Bertz CT molecular complexity index is 879. The van der Waals surface area contributed by atoms with Gasteiger partial charge in [0.15, 0.2) is 0 Å². The quantitative estimate of drug-likeness (QED) is 0.0200. The van der Waals surface area contributed by atoms with Crippen molar-refractivity contribution in [1.29, 1.82) is 0 Å². The van der Waals surface area contributed by atoms with Crippen LogP contribution in [0.4, 0.5) is 0 Å². The van der Waals surface area contributed by atoms with Gasteiger partial charge in [0, 0.05) is 13.0 Å². The van der Waals surface area contributed by atoms with Crippen LogP contribution in [0.15, 0.2) is 12.2 Å². The van der Waals surface area contributed by atoms with Gasteiger partial charge in [-0.25, -0.2) is 0 Å². The van der Waals surface area contributed by atoms with Crippen LogP contribution in [0, 0.1) is 0 Å². The average molecular weight is 788 g/mol. The van der Waals surface area contributed by atoms with Gasteiger partial charge in [-0.3, -0.25) is 9.36 Å². The van der Waals surface area contributed by atoms with E-state index in [1.807, 2.05) is 21.1 Å². The van der Waals surface area contributed by atoms with E-state index < -0.39 is 13.9 Å². The van der Waals surface area contributed by atoms with E-state index in [0.717, 1.165) is 32.1 Å². The zero-order chi connectivity index (χ0) is 39.9. The topological polar surface area (TPSA) is 94.1 Å². The van der Waals surface area contributed by atoms with Crippen LogP contribution in [0.1, 0.15) is 213 Å². The number of hydrogen-bond acceptors (Lipinski definition) is 7. The van der Waals surface area contributed by atoms with E-state index in [0.29, 0.717) is 24.1 Å². The average Bonchev–Trinajstić information content (AvgIpc) is 3.12. The third-order valence-corrected chi connectivity index (χ3v) is 11.0. The molecule has 0 radical (unpaired) electrons. The summed E-state index contributed by atoms with van der Waals surface area (Å²) in [6.07, 6.45) is 42.2. The van der Waals surface area contributed by atoms with Crippen molar-refractivity contribution in [2.75, 3.05) is 54.1 Å². The zero-order valence-corrected chi connectivity index (χ0v) is 37.3. The molecule has 2 atom stereocenters. The monoisotopic (exact) mass is 788 g/mol. The first-order chi connectivity index (χ1) is 26.1. The molecule has 0 amide bonds. The Morgan fingerprint density at radius 1 is 0.556 bits per heavy atom. The number of likely N-dealkylation sites (N-methyl/N-ethyl adjacent to an activating group) is 1. The van der Waals surface area contributed by atoms with Crippen molar-refractivity contribution in [3.05, 3.63) is 12.2 Å². The molecule has 0 N–H and O–H groups in total. The summed E-state index contributed by atoms with van der Waals surface area (Å²) in [7, 11) is 1.36. The molecule has 0 aliphatic rings. The first kappa shape index (κ1) is 53.2. The number of rotatable bonds is 43. The smallest absolute Gasteiger partial charge is 0.306 e. The predicted molar refractivity (Wildman–Crippen MR) is 227 cm³/mol. The fourth-order valence-corrected chi connectivity index (χ4v) is 7.20. The maximum absolute atomic E-state index is 12.7. The van der Waals surface area contributed by atoms with Crippen LogP contribution in [0.2, 0.25) is 0 Å². The summed E-state index contributed by atoms with van der Waals surface area (Å²) in [6, 6.07) is 0. The van der Waals surface area contributed by atoms with E-state index in [4.69, 9.17) is 18.5 Å². The largest absolute Gasteiger partial charge is 0.756 e. The van der Waals surface area contributed by atoms with Crippen LogP contribution in [-0.2, 0) is 27.9 Å². The van der Waals surface area contributed by atoms with Gasteiger partial charge in [-0.05, 0) is 32.1 Å². The molecule has 0 saturated heterocycles. The number of phosphoric ester groups is 1. The standard InChI is InChI=1S/C45H90NO7P/c1-6-8-10-12-14-16-18-20-21-22-23-24-25-26-27-28-30-32-34-36-38-45(47)53-44(43-52-54(48,49)51-41-39-46(3,4)5)42-50-40-37-35-33-31-29-19-17-15-13-11-9-7-2/h13,15,44H,6-12,14,16-43H2,1-5H3/b15-13-. The second-order valence-corrected chi connectivity index (χ2v) is 18.2. The summed E-state index contributed by atoms with van der Waals surface area (Å²) >= 11 is 0. The maximum atomic E-state index is 12.7. The van der Waals surface area contributed by atoms with Gasteiger partial charge in [-0.15, -0.1) is 0 Å². The summed E-state index contributed by atoms with van der Waals surface area (Å²) in [5.41, 5.74) is 0. The molecule has 0 aromatic heterocycles. The number of unbranched alkanes of at least 4 members (excludes halogenated alkanes) is 27. The highest BCUT2D eigenvalue weighted by Gasteiger charge is 2.20. The molecular weight excluding hydrogens is 697 g/mol. The summed E-state index contributed by atoms with van der Waals surface area (Å²) in [5.74, 6) is -0.332. The van der Waals surface area contributed by atoms with Crippen LogP contribution < -0.4 is 4.89 Å². The number of quaternary nitrogens is 1. The van der Waals surface area contributed by atoms with Crippen LogP contribution in [0.25, 0.3) is 0 Å². The highest BCUT2D eigenvalue weighted by molar-refractivity contribution is 7.45. The Hall–Kier alpha value is -0.760. The Balaban J connectivity index is 4.12. The lowest BCUT2D eigenvalue weighted by Crippen LogP contribution is -2.37. The van der Waals surface area contributed by atoms with Crippen molar-refractivity contribution in [2.45, 2.75) is 219 Å². The lowest BCUT2D eigenvalue weighted by Gasteiger charge is -2.28. The third-order valence-electron chi connectivity index (χ3n) is 10.1. The normalized spacial score (nSPS) is 13.8. The van der Waals surface area contributed by atoms with E-state index >= 15 is 0 Å². The van der Waals surface area contributed by atoms with E-state index in [2.05, 4.69) is 26.0 Å². The minimum Gasteiger partial charge on any atom is -0.756 e. The van der Waals surface area contributed by atoms with E-state index in [9.17, 15) is 14.3 Å². The molecular formula is C45H90NO7P. The summed E-state index contributed by atoms with van der Waals surface area (Å²) in [5, 5.41) is 0. The van der Waals surface area contributed by atoms with Crippen LogP contribution >= 0.6 is 7.82 Å². The number of phosphoric acid groups is 1. The Morgan fingerprint density at radius 3 is 1.46 bits per heavy atom. The molecule has 8 nitrogen and oxygen atoms in total. The van der Waals surface area contributed by atoms with Crippen molar-refractivity contribution in [2.24, 2.45) is 0 Å². The molecule has 0 rings (SSSR count). The first-order valence-electron chi connectivity index (χ1n) is 22.9. The molecule has 0 aromatic rings. The van der Waals surface area contributed by atoms with Gasteiger partial charge in [0.1, 0.15) is 19.3 Å². The second-order valence-electron chi connectivity index (χ2n) is 16.8. The van der Waals surface area contributed by atoms with Crippen LogP contribution in [0.5, 0.6) is 0 Å². The number of nitrogens with zero attached hydrogens (tertiary/aromatic N) is 1. The molecule has 9 heteroatoms. The van der Waals surface area contributed by atoms with Crippen molar-refractivity contribution in [3.63, 3.8) is 0 Å². The predicted octanol–water partition coefficient (Wildman–Crippen LogP) is 12.8. The molecule has 2 unspecified atom stereocenters. The Morgan fingerprint density at radius 2 is 0.981 bits per heavy atom. The van der Waals surface area contributed by atoms with Crippen LogP contribution in [-0.4, -0.2) is 70.7 Å². The fraction of sp³-hybridized carbons (Fsp3) is 0.933. The Labute approximate surface area is 335 Å². The zero-order valence-electron chi connectivity index (χ0n) is 36.4. The molecule has 322 valence electrons. The van der Waals surface area contributed by atoms with Gasteiger partial charge in [0.25, 0.3) is 7.82 Å². The second kappa shape index (κ2) is 39.1. The van der Waals surface area contributed by atoms with Crippen molar-refractivity contribution in [1.82, 2.24) is 0 Å². The highest BCUT2D eigenvalue weighted by Crippen LogP contribution is 2.38. The summed E-state index contributed by atoms with van der Waals surface area (Å²) in [4.78, 5) is 25.0. The minimum atomic E-state index is -4.52. The third kappa shape index (κ3) is 42.4. The number of esters is 1. The number of ether oxygens (including phenoxy) is 2. The van der Waals surface area contributed by atoms with E-state index in [1.165, 1.54) is 161 Å². The van der Waals surface area contributed by atoms with Crippen molar-refractivity contribution < 1.29 is 37.3 Å². The molecule has 54 heavy (non-hydrogen) atoms. The number of allylic oxidation sites excluding steroid dienone is 2. The Kier molecular flexibility index (Phi) is 38.5. The van der Waals surface area contributed by atoms with Crippen molar-refractivity contribution in [3.8, 4) is 0 Å². The molecule has 0 aliphatic heterocycles. The minimum absolute atomic E-state index is 0.0281. The molecule has 0 aliphatic carbocycles. The van der Waals surface area contributed by atoms with E-state index in [-0.39, 0.29) is 25.8 Å². The number of carbonyl (C=O) groups excluding carboxylic acids is 1. The summed E-state index contributed by atoms with van der Waals surface area (Å²) < 4.78 is 34.6. The van der Waals surface area contributed by atoms with Gasteiger partial charge in [-0.2, -0.15) is 0 Å². The lowest BCUT2D eigenvalue weighted by atomic mass is 10.0. The molecule has 0 bridgehead atoms. The van der Waals surface area contributed by atoms with Crippen LogP contribution in [0.3, 0.4) is 0 Å². The van der Waals surface area contributed by atoms with Gasteiger partial charge in [-0.1, -0.05) is 187 Å². The SMILES string of the molecule is CCCC/C=C\CCCCCCCCOCC(COP(=O)([O-])OCC[N+](C)(C)C)OC(=O)CCCCCCCCCCCCCCCCCCCCCC. The van der Waals surface area contributed by atoms with Crippen molar-refractivity contribution >= 4 is 13.8 Å². The van der Waals surface area contributed by atoms with Gasteiger partial charge >= 0.3 is 5.97 Å².